The van der Waals surface area contributed by atoms with Crippen LogP contribution in [0.2, 0.25) is 0 Å². The molecule has 0 spiro atoms. The minimum absolute atomic E-state index is 0.0649. The molecular weight excluding hydrogens is 282 g/mol. The summed E-state index contributed by atoms with van der Waals surface area (Å²) in [5.74, 6) is -0.0915. The van der Waals surface area contributed by atoms with Gasteiger partial charge in [0.05, 0.1) is 12.2 Å². The SMILES string of the molecule is CC(NC(=O)c1ccc(Br)cc1)c1cn[nH]c1. The Bertz CT molecular complexity index is 493. The molecule has 0 saturated heterocycles. The van der Waals surface area contributed by atoms with Gasteiger partial charge in [-0.25, -0.2) is 0 Å². The monoisotopic (exact) mass is 293 g/mol. The number of benzene rings is 1. The van der Waals surface area contributed by atoms with Crippen molar-refractivity contribution in [2.24, 2.45) is 0 Å². The summed E-state index contributed by atoms with van der Waals surface area (Å²) < 4.78 is 0.955. The smallest absolute Gasteiger partial charge is 0.251 e. The van der Waals surface area contributed by atoms with Gasteiger partial charge in [-0.2, -0.15) is 5.10 Å². The normalized spacial score (nSPS) is 12.1. The maximum Gasteiger partial charge on any atom is 0.251 e. The van der Waals surface area contributed by atoms with Gasteiger partial charge in [0.2, 0.25) is 0 Å². The number of halogens is 1. The van der Waals surface area contributed by atoms with Crippen LogP contribution in [0.25, 0.3) is 0 Å². The van der Waals surface area contributed by atoms with Gasteiger partial charge in [0, 0.05) is 21.8 Å². The zero-order valence-corrected chi connectivity index (χ0v) is 10.9. The number of hydrogen-bond acceptors (Lipinski definition) is 2. The summed E-state index contributed by atoms with van der Waals surface area (Å²) in [6.45, 7) is 1.92. The Morgan fingerprint density at radius 3 is 2.71 bits per heavy atom. The first-order valence-electron chi connectivity index (χ1n) is 5.22. The quantitative estimate of drug-likeness (QED) is 0.914. The van der Waals surface area contributed by atoms with Gasteiger partial charge >= 0.3 is 0 Å². The van der Waals surface area contributed by atoms with E-state index in [0.717, 1.165) is 10.0 Å². The Labute approximate surface area is 108 Å². The summed E-state index contributed by atoms with van der Waals surface area (Å²) in [4.78, 5) is 11.9. The molecule has 17 heavy (non-hydrogen) atoms. The Morgan fingerprint density at radius 1 is 1.41 bits per heavy atom. The number of nitrogens with one attached hydrogen (secondary N) is 2. The second-order valence-corrected chi connectivity index (χ2v) is 4.65. The number of H-pyrrole nitrogens is 1. The zero-order chi connectivity index (χ0) is 12.3. The van der Waals surface area contributed by atoms with Gasteiger partial charge in [-0.05, 0) is 31.2 Å². The van der Waals surface area contributed by atoms with E-state index in [4.69, 9.17) is 0 Å². The highest BCUT2D eigenvalue weighted by atomic mass is 79.9. The van der Waals surface area contributed by atoms with Crippen molar-refractivity contribution in [1.82, 2.24) is 15.5 Å². The van der Waals surface area contributed by atoms with Crippen molar-refractivity contribution in [1.29, 1.82) is 0 Å². The molecule has 0 aliphatic heterocycles. The van der Waals surface area contributed by atoms with Gasteiger partial charge in [0.15, 0.2) is 0 Å². The first-order chi connectivity index (χ1) is 8.16. The van der Waals surface area contributed by atoms with Crippen molar-refractivity contribution >= 4 is 21.8 Å². The predicted molar refractivity (Wildman–Crippen MR) is 68.6 cm³/mol. The van der Waals surface area contributed by atoms with Crippen molar-refractivity contribution in [2.45, 2.75) is 13.0 Å². The van der Waals surface area contributed by atoms with Crippen LogP contribution in [0.1, 0.15) is 28.9 Å². The molecule has 0 aliphatic rings. The topological polar surface area (TPSA) is 57.8 Å². The molecule has 0 bridgehead atoms. The van der Waals surface area contributed by atoms with E-state index in [1.165, 1.54) is 0 Å². The van der Waals surface area contributed by atoms with Gasteiger partial charge in [-0.15, -0.1) is 0 Å². The van der Waals surface area contributed by atoms with E-state index in [1.807, 2.05) is 19.1 Å². The highest BCUT2D eigenvalue weighted by molar-refractivity contribution is 9.10. The third kappa shape index (κ3) is 2.94. The van der Waals surface area contributed by atoms with Gasteiger partial charge in [-0.3, -0.25) is 9.89 Å². The molecule has 1 aromatic carbocycles. The minimum atomic E-state index is -0.0915. The van der Waals surface area contributed by atoms with Crippen LogP contribution >= 0.6 is 15.9 Å². The van der Waals surface area contributed by atoms with E-state index < -0.39 is 0 Å². The van der Waals surface area contributed by atoms with Crippen LogP contribution in [0.5, 0.6) is 0 Å². The molecule has 2 rings (SSSR count). The Morgan fingerprint density at radius 2 is 2.12 bits per heavy atom. The summed E-state index contributed by atoms with van der Waals surface area (Å²) >= 11 is 3.33. The first-order valence-corrected chi connectivity index (χ1v) is 6.01. The summed E-state index contributed by atoms with van der Waals surface area (Å²) in [6, 6.07) is 7.18. The summed E-state index contributed by atoms with van der Waals surface area (Å²) in [5, 5.41) is 9.48. The molecule has 1 heterocycles. The van der Waals surface area contributed by atoms with Crippen LogP contribution in [0.3, 0.4) is 0 Å². The number of nitrogens with zero attached hydrogens (tertiary/aromatic N) is 1. The molecule has 1 unspecified atom stereocenters. The fourth-order valence-electron chi connectivity index (χ4n) is 1.46. The molecule has 2 N–H and O–H groups in total. The molecule has 5 heteroatoms. The average Bonchev–Trinajstić information content (AvgIpc) is 2.83. The summed E-state index contributed by atoms with van der Waals surface area (Å²) in [7, 11) is 0. The molecule has 88 valence electrons. The lowest BCUT2D eigenvalue weighted by atomic mass is 10.1. The van der Waals surface area contributed by atoms with Crippen molar-refractivity contribution in [3.63, 3.8) is 0 Å². The van der Waals surface area contributed by atoms with Crippen LogP contribution < -0.4 is 5.32 Å². The lowest BCUT2D eigenvalue weighted by Gasteiger charge is -2.11. The van der Waals surface area contributed by atoms with E-state index in [9.17, 15) is 4.79 Å². The maximum atomic E-state index is 11.9. The molecule has 0 aliphatic carbocycles. The molecular formula is C12H12BrN3O. The Hall–Kier alpha value is -1.62. The van der Waals surface area contributed by atoms with Crippen LogP contribution in [-0.4, -0.2) is 16.1 Å². The van der Waals surface area contributed by atoms with Gasteiger partial charge in [0.25, 0.3) is 5.91 Å². The fraction of sp³-hybridized carbons (Fsp3) is 0.167. The highest BCUT2D eigenvalue weighted by Crippen LogP contribution is 2.13. The van der Waals surface area contributed by atoms with Crippen LogP contribution in [-0.2, 0) is 0 Å². The molecule has 0 fully saturated rings. The third-order valence-electron chi connectivity index (χ3n) is 2.47. The van der Waals surface area contributed by atoms with Crippen molar-refractivity contribution in [3.05, 3.63) is 52.3 Å². The lowest BCUT2D eigenvalue weighted by molar-refractivity contribution is 0.0940. The standard InChI is InChI=1S/C12H12BrN3O/c1-8(10-6-14-15-7-10)16-12(17)9-2-4-11(13)5-3-9/h2-8H,1H3,(H,14,15)(H,16,17). The minimum Gasteiger partial charge on any atom is -0.345 e. The second kappa shape index (κ2) is 5.14. The number of aromatic amines is 1. The van der Waals surface area contributed by atoms with E-state index in [2.05, 4.69) is 31.4 Å². The molecule has 0 radical (unpaired) electrons. The molecule has 2 aromatic rings. The third-order valence-corrected chi connectivity index (χ3v) is 3.00. The largest absolute Gasteiger partial charge is 0.345 e. The molecule has 1 atom stereocenters. The van der Waals surface area contributed by atoms with Crippen LogP contribution in [0.15, 0.2) is 41.1 Å². The van der Waals surface area contributed by atoms with Crippen LogP contribution in [0.4, 0.5) is 0 Å². The molecule has 4 nitrogen and oxygen atoms in total. The van der Waals surface area contributed by atoms with Gasteiger partial charge in [0.1, 0.15) is 0 Å². The number of rotatable bonds is 3. The van der Waals surface area contributed by atoms with Crippen LogP contribution in [0, 0.1) is 0 Å². The summed E-state index contributed by atoms with van der Waals surface area (Å²) in [5.41, 5.74) is 1.60. The van der Waals surface area contributed by atoms with Crippen molar-refractivity contribution < 1.29 is 4.79 Å². The molecule has 0 saturated carbocycles. The number of amides is 1. The molecule has 1 aromatic heterocycles. The maximum absolute atomic E-state index is 11.9. The fourth-order valence-corrected chi connectivity index (χ4v) is 1.73. The first kappa shape index (κ1) is 11.9. The number of aromatic nitrogens is 2. The number of carbonyl (C=O) groups is 1. The zero-order valence-electron chi connectivity index (χ0n) is 9.27. The summed E-state index contributed by atoms with van der Waals surface area (Å²) in [6.07, 6.45) is 3.47. The van der Waals surface area contributed by atoms with E-state index >= 15 is 0 Å². The Kier molecular flexibility index (Phi) is 3.58. The van der Waals surface area contributed by atoms with E-state index in [0.29, 0.717) is 5.56 Å². The highest BCUT2D eigenvalue weighted by Gasteiger charge is 2.11. The molecule has 1 amide bonds. The predicted octanol–water partition coefficient (Wildman–Crippen LogP) is 2.66. The second-order valence-electron chi connectivity index (χ2n) is 3.73. The van der Waals surface area contributed by atoms with Gasteiger partial charge in [-0.1, -0.05) is 15.9 Å². The average molecular weight is 294 g/mol. The number of hydrogen-bond donors (Lipinski definition) is 2. The Balaban J connectivity index is 2.04. The lowest BCUT2D eigenvalue weighted by Crippen LogP contribution is -2.26. The van der Waals surface area contributed by atoms with Gasteiger partial charge < -0.3 is 5.32 Å². The van der Waals surface area contributed by atoms with Crippen molar-refractivity contribution in [2.75, 3.05) is 0 Å². The van der Waals surface area contributed by atoms with Crippen molar-refractivity contribution in [3.8, 4) is 0 Å². The van der Waals surface area contributed by atoms with E-state index in [1.54, 1.807) is 24.5 Å². The van der Waals surface area contributed by atoms with E-state index in [-0.39, 0.29) is 11.9 Å². The number of carbonyl (C=O) groups excluding carboxylic acids is 1.